The van der Waals surface area contributed by atoms with E-state index >= 15 is 0 Å². The second kappa shape index (κ2) is 5.59. The van der Waals surface area contributed by atoms with Crippen molar-refractivity contribution in [3.05, 3.63) is 71.8 Å². The Bertz CT molecular complexity index is 564. The number of carbonyl (C=O) groups excluding carboxylic acids is 1. The average Bonchev–Trinajstić information content (AvgIpc) is 3.21. The molecule has 1 fully saturated rings. The van der Waals surface area contributed by atoms with Crippen molar-refractivity contribution in [1.82, 2.24) is 0 Å². The maximum Gasteiger partial charge on any atom is 0.154 e. The van der Waals surface area contributed by atoms with Gasteiger partial charge in [-0.05, 0) is 24.0 Å². The van der Waals surface area contributed by atoms with Crippen molar-refractivity contribution >= 4 is 6.29 Å². The Kier molecular flexibility index (Phi) is 3.66. The van der Waals surface area contributed by atoms with Crippen molar-refractivity contribution < 1.29 is 9.53 Å². The van der Waals surface area contributed by atoms with E-state index in [-0.39, 0.29) is 6.10 Å². The van der Waals surface area contributed by atoms with Crippen LogP contribution in [0.5, 0.6) is 0 Å². The Morgan fingerprint density at radius 1 is 0.950 bits per heavy atom. The molecule has 0 bridgehead atoms. The molecule has 1 heterocycles. The third-order valence-electron chi connectivity index (χ3n) is 3.91. The monoisotopic (exact) mass is 266 g/mol. The van der Waals surface area contributed by atoms with E-state index in [0.717, 1.165) is 24.7 Å². The van der Waals surface area contributed by atoms with Gasteiger partial charge in [-0.25, -0.2) is 0 Å². The van der Waals surface area contributed by atoms with E-state index in [4.69, 9.17) is 4.74 Å². The maximum atomic E-state index is 11.4. The summed E-state index contributed by atoms with van der Waals surface area (Å²) < 4.78 is 5.71. The van der Waals surface area contributed by atoms with Gasteiger partial charge in [-0.15, -0.1) is 0 Å². The van der Waals surface area contributed by atoms with Crippen molar-refractivity contribution in [3.63, 3.8) is 0 Å². The largest absolute Gasteiger partial charge is 0.358 e. The zero-order chi connectivity index (χ0) is 13.8. The molecule has 0 N–H and O–H groups in total. The Hall–Kier alpha value is -1.93. The van der Waals surface area contributed by atoms with E-state index in [1.165, 1.54) is 5.56 Å². The number of hydrogen-bond acceptors (Lipinski definition) is 2. The Labute approximate surface area is 119 Å². The molecule has 2 aromatic carbocycles. The highest BCUT2D eigenvalue weighted by atomic mass is 16.6. The second-order valence-corrected chi connectivity index (χ2v) is 5.37. The molecule has 2 heteroatoms. The highest BCUT2D eigenvalue weighted by molar-refractivity contribution is 5.68. The van der Waals surface area contributed by atoms with Gasteiger partial charge >= 0.3 is 0 Å². The first-order valence-electron chi connectivity index (χ1n) is 7.04. The van der Waals surface area contributed by atoms with E-state index in [0.29, 0.717) is 6.42 Å². The summed E-state index contributed by atoms with van der Waals surface area (Å²) in [6.45, 7) is 0. The van der Waals surface area contributed by atoms with Gasteiger partial charge < -0.3 is 9.53 Å². The highest BCUT2D eigenvalue weighted by Gasteiger charge is 2.55. The Balaban J connectivity index is 1.59. The van der Waals surface area contributed by atoms with Gasteiger partial charge in [0.1, 0.15) is 0 Å². The van der Waals surface area contributed by atoms with Crippen LogP contribution in [0.15, 0.2) is 60.7 Å². The quantitative estimate of drug-likeness (QED) is 0.593. The molecule has 0 radical (unpaired) electrons. The van der Waals surface area contributed by atoms with Crippen molar-refractivity contribution in [3.8, 4) is 0 Å². The van der Waals surface area contributed by atoms with E-state index < -0.39 is 5.60 Å². The molecular formula is C18H18O2. The first kappa shape index (κ1) is 13.1. The zero-order valence-electron chi connectivity index (χ0n) is 11.4. The molecule has 2 nitrogen and oxygen atoms in total. The number of aryl methyl sites for hydroxylation is 1. The molecule has 2 aromatic rings. The SMILES string of the molecule is O=C[C@]1(Cc2ccccc2)O[C@H]1CCc1ccccc1. The molecule has 0 aliphatic carbocycles. The van der Waals surface area contributed by atoms with Gasteiger partial charge in [0.2, 0.25) is 0 Å². The number of ether oxygens (including phenoxy) is 1. The van der Waals surface area contributed by atoms with Gasteiger partial charge in [-0.1, -0.05) is 60.7 Å². The molecule has 1 aliphatic rings. The van der Waals surface area contributed by atoms with Gasteiger partial charge in [0.25, 0.3) is 0 Å². The molecule has 3 rings (SSSR count). The summed E-state index contributed by atoms with van der Waals surface area (Å²) >= 11 is 0. The van der Waals surface area contributed by atoms with Crippen LogP contribution < -0.4 is 0 Å². The molecule has 1 saturated heterocycles. The fourth-order valence-electron chi connectivity index (χ4n) is 2.69. The number of hydrogen-bond donors (Lipinski definition) is 0. The topological polar surface area (TPSA) is 29.6 Å². The molecule has 0 saturated carbocycles. The fraction of sp³-hybridized carbons (Fsp3) is 0.278. The van der Waals surface area contributed by atoms with Crippen molar-refractivity contribution in [2.45, 2.75) is 31.0 Å². The van der Waals surface area contributed by atoms with E-state index in [9.17, 15) is 4.79 Å². The first-order chi connectivity index (χ1) is 9.82. The number of epoxide rings is 1. The van der Waals surface area contributed by atoms with Crippen LogP contribution in [-0.4, -0.2) is 18.0 Å². The number of carbonyl (C=O) groups is 1. The summed E-state index contributed by atoms with van der Waals surface area (Å²) in [5, 5.41) is 0. The number of benzene rings is 2. The van der Waals surface area contributed by atoms with Crippen LogP contribution in [0.3, 0.4) is 0 Å². The first-order valence-corrected chi connectivity index (χ1v) is 7.04. The number of rotatable bonds is 6. The molecular weight excluding hydrogens is 248 g/mol. The van der Waals surface area contributed by atoms with Gasteiger partial charge in [-0.3, -0.25) is 0 Å². The van der Waals surface area contributed by atoms with Crippen molar-refractivity contribution in [2.24, 2.45) is 0 Å². The molecule has 20 heavy (non-hydrogen) atoms. The number of aldehydes is 1. The van der Waals surface area contributed by atoms with E-state index in [1.54, 1.807) is 0 Å². The summed E-state index contributed by atoms with van der Waals surface area (Å²) in [6.07, 6.45) is 3.57. The van der Waals surface area contributed by atoms with Crippen LogP contribution in [0.4, 0.5) is 0 Å². The molecule has 102 valence electrons. The highest BCUT2D eigenvalue weighted by Crippen LogP contribution is 2.40. The van der Waals surface area contributed by atoms with Gasteiger partial charge in [0, 0.05) is 6.42 Å². The van der Waals surface area contributed by atoms with Crippen molar-refractivity contribution in [2.75, 3.05) is 0 Å². The molecule has 2 atom stereocenters. The smallest absolute Gasteiger partial charge is 0.154 e. The predicted molar refractivity (Wildman–Crippen MR) is 78.6 cm³/mol. The molecule has 1 aliphatic heterocycles. The molecule has 0 amide bonds. The molecule has 0 spiro atoms. The van der Waals surface area contributed by atoms with Crippen LogP contribution >= 0.6 is 0 Å². The summed E-state index contributed by atoms with van der Waals surface area (Å²) in [4.78, 5) is 11.4. The van der Waals surface area contributed by atoms with E-state index in [1.807, 2.05) is 48.5 Å². The Morgan fingerprint density at radius 2 is 1.55 bits per heavy atom. The lowest BCUT2D eigenvalue weighted by atomic mass is 9.94. The van der Waals surface area contributed by atoms with Crippen LogP contribution in [0, 0.1) is 0 Å². The minimum Gasteiger partial charge on any atom is -0.358 e. The van der Waals surface area contributed by atoms with Crippen LogP contribution in [0.25, 0.3) is 0 Å². The summed E-state index contributed by atoms with van der Waals surface area (Å²) in [5.74, 6) is 0. The zero-order valence-corrected chi connectivity index (χ0v) is 11.4. The minimum atomic E-state index is -0.587. The Morgan fingerprint density at radius 3 is 2.15 bits per heavy atom. The van der Waals surface area contributed by atoms with Crippen LogP contribution in [0.1, 0.15) is 17.5 Å². The summed E-state index contributed by atoms with van der Waals surface area (Å²) in [6, 6.07) is 20.4. The van der Waals surface area contributed by atoms with Gasteiger partial charge in [0.15, 0.2) is 11.9 Å². The minimum absolute atomic E-state index is 0.0559. The lowest BCUT2D eigenvalue weighted by molar-refractivity contribution is -0.112. The summed E-state index contributed by atoms with van der Waals surface area (Å²) in [7, 11) is 0. The van der Waals surface area contributed by atoms with Crippen LogP contribution in [0.2, 0.25) is 0 Å². The van der Waals surface area contributed by atoms with Crippen molar-refractivity contribution in [1.29, 1.82) is 0 Å². The average molecular weight is 266 g/mol. The fourth-order valence-corrected chi connectivity index (χ4v) is 2.69. The molecule has 0 unspecified atom stereocenters. The maximum absolute atomic E-state index is 11.4. The summed E-state index contributed by atoms with van der Waals surface area (Å²) in [5.41, 5.74) is 1.86. The third kappa shape index (κ3) is 2.81. The second-order valence-electron chi connectivity index (χ2n) is 5.37. The van der Waals surface area contributed by atoms with Gasteiger partial charge in [-0.2, -0.15) is 0 Å². The third-order valence-corrected chi connectivity index (χ3v) is 3.91. The van der Waals surface area contributed by atoms with E-state index in [2.05, 4.69) is 12.1 Å². The normalized spacial score (nSPS) is 24.3. The predicted octanol–water partition coefficient (Wildman–Crippen LogP) is 3.20. The lowest BCUT2D eigenvalue weighted by Gasteiger charge is -2.05. The van der Waals surface area contributed by atoms with Gasteiger partial charge in [0.05, 0.1) is 6.10 Å². The van der Waals surface area contributed by atoms with Crippen LogP contribution in [-0.2, 0) is 22.4 Å². The standard InChI is InChI=1S/C18H18O2/c19-14-18(13-16-9-5-2-6-10-16)17(20-18)12-11-15-7-3-1-4-8-15/h1-10,14,17H,11-13H2/t17-,18-/m0/s1. The lowest BCUT2D eigenvalue weighted by Crippen LogP contribution is -2.21. The molecule has 0 aromatic heterocycles.